The Bertz CT molecular complexity index is 1320. The normalized spacial score (nSPS) is 19.6. The van der Waals surface area contributed by atoms with Crippen LogP contribution >= 0.6 is 0 Å². The van der Waals surface area contributed by atoms with Gasteiger partial charge in [0.2, 0.25) is 10.0 Å². The van der Waals surface area contributed by atoms with Crippen LogP contribution in [0, 0.1) is 0 Å². The predicted molar refractivity (Wildman–Crippen MR) is 125 cm³/mol. The second-order valence-corrected chi connectivity index (χ2v) is 10.6. The minimum atomic E-state index is -3.20. The lowest BCUT2D eigenvalue weighted by molar-refractivity contribution is 0.102. The van der Waals surface area contributed by atoms with Crippen LogP contribution in [0.5, 0.6) is 17.2 Å². The van der Waals surface area contributed by atoms with Gasteiger partial charge in [0.15, 0.2) is 11.5 Å². The van der Waals surface area contributed by atoms with Crippen molar-refractivity contribution in [2.24, 2.45) is 0 Å². The highest BCUT2D eigenvalue weighted by Crippen LogP contribution is 2.43. The lowest BCUT2D eigenvalue weighted by Crippen LogP contribution is -2.56. The molecule has 170 valence electrons. The van der Waals surface area contributed by atoms with Crippen LogP contribution in [0.4, 0.5) is 0 Å². The molecule has 2 aliphatic heterocycles. The maximum absolute atomic E-state index is 12.2. The Hall–Kier alpha value is -2.55. The molecule has 0 unspecified atom stereocenters. The third-order valence-corrected chi connectivity index (χ3v) is 8.16. The molecule has 3 aromatic rings. The van der Waals surface area contributed by atoms with Crippen LogP contribution < -0.4 is 14.2 Å². The summed E-state index contributed by atoms with van der Waals surface area (Å²) in [5.74, 6) is 2.18. The lowest BCUT2D eigenvalue weighted by atomic mass is 9.84. The van der Waals surface area contributed by atoms with Gasteiger partial charge in [0.05, 0.1) is 27.6 Å². The summed E-state index contributed by atoms with van der Waals surface area (Å²) in [5, 5.41) is 4.52. The van der Waals surface area contributed by atoms with E-state index in [9.17, 15) is 8.42 Å². The molecule has 32 heavy (non-hydrogen) atoms. The lowest BCUT2D eigenvalue weighted by Gasteiger charge is -2.44. The largest absolute Gasteiger partial charge is 0.497 e. The van der Waals surface area contributed by atoms with Crippen LogP contribution in [0.25, 0.3) is 21.5 Å². The maximum Gasteiger partial charge on any atom is 0.211 e. The second kappa shape index (κ2) is 7.79. The number of rotatable bonds is 4. The summed E-state index contributed by atoms with van der Waals surface area (Å²) in [4.78, 5) is 2.42. The minimum absolute atomic E-state index is 0.151. The molecule has 1 atom stereocenters. The predicted octanol–water partition coefficient (Wildman–Crippen LogP) is 3.02. The average molecular weight is 457 g/mol. The third kappa shape index (κ3) is 3.37. The zero-order valence-corrected chi connectivity index (χ0v) is 19.7. The van der Waals surface area contributed by atoms with Gasteiger partial charge in [-0.15, -0.1) is 0 Å². The van der Waals surface area contributed by atoms with Crippen molar-refractivity contribution in [3.63, 3.8) is 0 Å². The van der Waals surface area contributed by atoms with E-state index in [2.05, 4.69) is 23.1 Å². The van der Waals surface area contributed by atoms with Crippen molar-refractivity contribution in [1.29, 1.82) is 0 Å². The van der Waals surface area contributed by atoms with Gasteiger partial charge in [-0.3, -0.25) is 4.90 Å². The van der Waals surface area contributed by atoms with Gasteiger partial charge >= 0.3 is 0 Å². The van der Waals surface area contributed by atoms with Gasteiger partial charge < -0.3 is 14.2 Å². The number of sulfonamides is 1. The van der Waals surface area contributed by atoms with Crippen molar-refractivity contribution in [2.75, 3.05) is 47.2 Å². The topological polar surface area (TPSA) is 68.3 Å². The smallest absolute Gasteiger partial charge is 0.211 e. The number of nitrogens with zero attached hydrogens (tertiary/aromatic N) is 2. The van der Waals surface area contributed by atoms with Gasteiger partial charge in [-0.2, -0.15) is 4.31 Å². The van der Waals surface area contributed by atoms with Gasteiger partial charge in [0.25, 0.3) is 0 Å². The molecule has 2 aliphatic rings. The molecule has 0 spiro atoms. The Morgan fingerprint density at radius 3 is 2.19 bits per heavy atom. The number of benzene rings is 3. The van der Waals surface area contributed by atoms with Crippen LogP contribution in [0.3, 0.4) is 0 Å². The van der Waals surface area contributed by atoms with E-state index in [0.29, 0.717) is 24.6 Å². The Labute approximate surface area is 188 Å². The summed E-state index contributed by atoms with van der Waals surface area (Å²) >= 11 is 0. The fourth-order valence-corrected chi connectivity index (χ4v) is 6.09. The summed E-state index contributed by atoms with van der Waals surface area (Å²) in [5.41, 5.74) is 2.56. The van der Waals surface area contributed by atoms with Gasteiger partial charge in [-0.25, -0.2) is 8.42 Å². The van der Waals surface area contributed by atoms with E-state index in [1.165, 1.54) is 22.8 Å². The van der Waals surface area contributed by atoms with Crippen molar-refractivity contribution >= 4 is 31.6 Å². The molecule has 0 aromatic heterocycles. The molecule has 1 saturated heterocycles. The Morgan fingerprint density at radius 1 is 0.844 bits per heavy atom. The van der Waals surface area contributed by atoms with Crippen molar-refractivity contribution in [1.82, 2.24) is 9.21 Å². The van der Waals surface area contributed by atoms with Crippen LogP contribution in [-0.2, 0) is 23.0 Å². The standard InChI is InChI=1S/C24H28N2O5S/c1-29-16-5-6-17-19(10-16)21-12-24(31-3)23(30-2)11-20(21)18-9-15-13-26(32(4,27)28)8-7-25(15)14-22(17)18/h5-6,10-12,15H,7-9,13-14H2,1-4H3/t15-/m0/s1. The average Bonchev–Trinajstić information content (AvgIpc) is 2.80. The molecule has 2 heterocycles. The van der Waals surface area contributed by atoms with Gasteiger partial charge in [-0.1, -0.05) is 6.07 Å². The number of piperazine rings is 1. The summed E-state index contributed by atoms with van der Waals surface area (Å²) in [6.07, 6.45) is 2.09. The zero-order chi connectivity index (χ0) is 22.6. The van der Waals surface area contributed by atoms with Crippen molar-refractivity contribution in [2.45, 2.75) is 19.0 Å². The second-order valence-electron chi connectivity index (χ2n) is 8.57. The summed E-state index contributed by atoms with van der Waals surface area (Å²) in [6.45, 7) is 2.59. The number of hydrogen-bond acceptors (Lipinski definition) is 6. The molecule has 5 rings (SSSR count). The van der Waals surface area contributed by atoms with Crippen LogP contribution in [0.2, 0.25) is 0 Å². The molecule has 0 amide bonds. The highest BCUT2D eigenvalue weighted by molar-refractivity contribution is 7.88. The number of methoxy groups -OCH3 is 3. The van der Waals surface area contributed by atoms with E-state index in [1.54, 1.807) is 25.6 Å². The molecule has 0 saturated carbocycles. The fourth-order valence-electron chi connectivity index (χ4n) is 5.23. The molecule has 0 radical (unpaired) electrons. The van der Waals surface area contributed by atoms with E-state index in [1.807, 2.05) is 12.1 Å². The van der Waals surface area contributed by atoms with Crippen molar-refractivity contribution in [3.8, 4) is 17.2 Å². The van der Waals surface area contributed by atoms with E-state index >= 15 is 0 Å². The first-order valence-corrected chi connectivity index (χ1v) is 12.5. The third-order valence-electron chi connectivity index (χ3n) is 6.89. The number of fused-ring (bicyclic) bond motifs is 7. The van der Waals surface area contributed by atoms with Gasteiger partial charge in [0, 0.05) is 32.2 Å². The van der Waals surface area contributed by atoms with Crippen molar-refractivity contribution in [3.05, 3.63) is 41.5 Å². The molecule has 0 bridgehead atoms. The van der Waals surface area contributed by atoms with E-state index in [4.69, 9.17) is 14.2 Å². The number of hydrogen-bond donors (Lipinski definition) is 0. The van der Waals surface area contributed by atoms with Gasteiger partial charge in [-0.05, 0) is 63.4 Å². The molecule has 3 aromatic carbocycles. The molecule has 1 fully saturated rings. The molecule has 0 aliphatic carbocycles. The quantitative estimate of drug-likeness (QED) is 0.562. The Kier molecular flexibility index (Phi) is 5.19. The van der Waals surface area contributed by atoms with E-state index < -0.39 is 10.0 Å². The summed E-state index contributed by atoms with van der Waals surface area (Å²) in [6, 6.07) is 10.5. The highest BCUT2D eigenvalue weighted by Gasteiger charge is 2.36. The van der Waals surface area contributed by atoms with Gasteiger partial charge in [0.1, 0.15) is 5.75 Å². The van der Waals surface area contributed by atoms with E-state index in [-0.39, 0.29) is 6.04 Å². The van der Waals surface area contributed by atoms with Crippen LogP contribution in [0.1, 0.15) is 11.1 Å². The maximum atomic E-state index is 12.2. The first-order chi connectivity index (χ1) is 15.3. The Balaban J connectivity index is 1.75. The summed E-state index contributed by atoms with van der Waals surface area (Å²) < 4.78 is 42.7. The molecule has 7 nitrogen and oxygen atoms in total. The molecular formula is C24H28N2O5S. The van der Waals surface area contributed by atoms with E-state index in [0.717, 1.165) is 41.4 Å². The number of ether oxygens (including phenoxy) is 3. The molecule has 8 heteroatoms. The molecular weight excluding hydrogens is 428 g/mol. The summed E-state index contributed by atoms with van der Waals surface area (Å²) in [7, 11) is 1.76. The monoisotopic (exact) mass is 456 g/mol. The first-order valence-electron chi connectivity index (χ1n) is 10.7. The van der Waals surface area contributed by atoms with Crippen molar-refractivity contribution < 1.29 is 22.6 Å². The first kappa shape index (κ1) is 21.3. The SMILES string of the molecule is COc1ccc2c3c(c4cc(OC)c(OC)cc4c2c1)C[C@H]1CN(S(C)(=O)=O)CCN1C3. The van der Waals surface area contributed by atoms with Crippen LogP contribution in [-0.4, -0.2) is 70.9 Å². The Morgan fingerprint density at radius 2 is 1.53 bits per heavy atom. The minimum Gasteiger partial charge on any atom is -0.497 e. The zero-order valence-electron chi connectivity index (χ0n) is 18.8. The van der Waals surface area contributed by atoms with Crippen LogP contribution in [0.15, 0.2) is 30.3 Å². The highest BCUT2D eigenvalue weighted by atomic mass is 32.2. The molecule has 0 N–H and O–H groups in total. The fraction of sp³-hybridized carbons (Fsp3) is 0.417.